The summed E-state index contributed by atoms with van der Waals surface area (Å²) in [7, 11) is -2.40. The van der Waals surface area contributed by atoms with E-state index in [1.807, 2.05) is 13.8 Å². The zero-order valence-electron chi connectivity index (χ0n) is 9.98. The maximum absolute atomic E-state index is 11.5. The second-order valence-electron chi connectivity index (χ2n) is 4.72. The number of rotatable bonds is 2. The van der Waals surface area contributed by atoms with Crippen molar-refractivity contribution in [1.82, 2.24) is 0 Å². The summed E-state index contributed by atoms with van der Waals surface area (Å²) < 4.78 is 33.5. The average molecular weight is 257 g/mol. The summed E-state index contributed by atoms with van der Waals surface area (Å²) in [5.74, 6) is 0.864. The molecule has 94 valence electrons. The molecule has 0 amide bonds. The number of fused-ring (bicyclic) bond motifs is 1. The van der Waals surface area contributed by atoms with Gasteiger partial charge in [0, 0.05) is 17.0 Å². The van der Waals surface area contributed by atoms with Crippen LogP contribution in [0.5, 0.6) is 11.5 Å². The lowest BCUT2D eigenvalue weighted by molar-refractivity contribution is 0.290. The van der Waals surface area contributed by atoms with E-state index in [2.05, 4.69) is 0 Å². The topological polar surface area (TPSA) is 78.6 Å². The molecule has 0 fully saturated rings. The largest absolute Gasteiger partial charge is 0.495 e. The van der Waals surface area contributed by atoms with Gasteiger partial charge in [-0.3, -0.25) is 0 Å². The minimum atomic E-state index is -3.80. The van der Waals surface area contributed by atoms with E-state index < -0.39 is 10.0 Å². The van der Waals surface area contributed by atoms with E-state index >= 15 is 0 Å². The van der Waals surface area contributed by atoms with Crippen LogP contribution in [0.3, 0.4) is 0 Å². The Kier molecular flexibility index (Phi) is 2.59. The van der Waals surface area contributed by atoms with Crippen LogP contribution in [0, 0.1) is 0 Å². The number of sulfonamides is 1. The normalized spacial score (nSPS) is 17.4. The van der Waals surface area contributed by atoms with Crippen molar-refractivity contribution in [2.45, 2.75) is 24.2 Å². The number of primary sulfonamides is 1. The highest BCUT2D eigenvalue weighted by Gasteiger charge is 2.34. The second-order valence-corrected chi connectivity index (χ2v) is 6.25. The fourth-order valence-electron chi connectivity index (χ4n) is 1.91. The summed E-state index contributed by atoms with van der Waals surface area (Å²) in [5.41, 5.74) is 0.614. The molecule has 0 spiro atoms. The molecule has 2 rings (SSSR count). The minimum Gasteiger partial charge on any atom is -0.495 e. The molecule has 1 aromatic rings. The van der Waals surface area contributed by atoms with Gasteiger partial charge in [-0.05, 0) is 6.07 Å². The predicted molar refractivity (Wildman–Crippen MR) is 62.9 cm³/mol. The summed E-state index contributed by atoms with van der Waals surface area (Å²) in [6.45, 7) is 4.48. The molecule has 1 aromatic carbocycles. The number of hydrogen-bond donors (Lipinski definition) is 1. The molecule has 0 bridgehead atoms. The van der Waals surface area contributed by atoms with Gasteiger partial charge < -0.3 is 9.47 Å². The molecular weight excluding hydrogens is 242 g/mol. The van der Waals surface area contributed by atoms with Gasteiger partial charge in [-0.25, -0.2) is 13.6 Å². The molecule has 1 aliphatic heterocycles. The summed E-state index contributed by atoms with van der Waals surface area (Å²) in [5, 5.41) is 5.17. The maximum atomic E-state index is 11.5. The zero-order valence-corrected chi connectivity index (χ0v) is 10.8. The Labute approximate surface area is 101 Å². The summed E-state index contributed by atoms with van der Waals surface area (Å²) in [4.78, 5) is -0.00248. The molecule has 2 N–H and O–H groups in total. The Bertz CT molecular complexity index is 563. The number of benzene rings is 1. The SMILES string of the molecule is COc1cc2c(cc1S(N)(=O)=O)C(C)(C)CO2. The Morgan fingerprint density at radius 1 is 1.41 bits per heavy atom. The van der Waals surface area contributed by atoms with Gasteiger partial charge in [0.15, 0.2) is 0 Å². The van der Waals surface area contributed by atoms with E-state index in [9.17, 15) is 8.42 Å². The van der Waals surface area contributed by atoms with Gasteiger partial charge in [0.2, 0.25) is 10.0 Å². The minimum absolute atomic E-state index is 0.00248. The molecule has 0 saturated heterocycles. The van der Waals surface area contributed by atoms with Crippen LogP contribution in [0.2, 0.25) is 0 Å². The molecule has 1 heterocycles. The quantitative estimate of drug-likeness (QED) is 0.857. The lowest BCUT2D eigenvalue weighted by atomic mass is 9.87. The summed E-state index contributed by atoms with van der Waals surface area (Å²) >= 11 is 0. The number of ether oxygens (including phenoxy) is 2. The van der Waals surface area contributed by atoms with Crippen LogP contribution >= 0.6 is 0 Å². The highest BCUT2D eigenvalue weighted by atomic mass is 32.2. The highest BCUT2D eigenvalue weighted by molar-refractivity contribution is 7.89. The van der Waals surface area contributed by atoms with Crippen LogP contribution in [0.4, 0.5) is 0 Å². The van der Waals surface area contributed by atoms with Crippen molar-refractivity contribution in [2.24, 2.45) is 5.14 Å². The molecule has 0 aliphatic carbocycles. The van der Waals surface area contributed by atoms with Crippen LogP contribution in [0.15, 0.2) is 17.0 Å². The van der Waals surface area contributed by atoms with Gasteiger partial charge >= 0.3 is 0 Å². The maximum Gasteiger partial charge on any atom is 0.241 e. The third kappa shape index (κ3) is 1.98. The van der Waals surface area contributed by atoms with E-state index in [-0.39, 0.29) is 16.1 Å². The van der Waals surface area contributed by atoms with Gasteiger partial charge in [0.05, 0.1) is 13.7 Å². The number of hydrogen-bond acceptors (Lipinski definition) is 4. The van der Waals surface area contributed by atoms with Crippen LogP contribution in [-0.2, 0) is 15.4 Å². The van der Waals surface area contributed by atoms with Crippen molar-refractivity contribution >= 4 is 10.0 Å². The highest BCUT2D eigenvalue weighted by Crippen LogP contribution is 2.42. The third-order valence-corrected chi connectivity index (χ3v) is 3.82. The fourth-order valence-corrected chi connectivity index (χ4v) is 2.61. The molecule has 6 heteroatoms. The Morgan fingerprint density at radius 2 is 2.06 bits per heavy atom. The first-order valence-electron chi connectivity index (χ1n) is 5.14. The lowest BCUT2D eigenvalue weighted by Gasteiger charge is -2.16. The molecule has 0 aromatic heterocycles. The first-order valence-corrected chi connectivity index (χ1v) is 6.68. The van der Waals surface area contributed by atoms with Crippen LogP contribution < -0.4 is 14.6 Å². The molecule has 5 nitrogen and oxygen atoms in total. The smallest absolute Gasteiger partial charge is 0.241 e. The van der Waals surface area contributed by atoms with Gasteiger partial charge in [-0.1, -0.05) is 13.8 Å². The van der Waals surface area contributed by atoms with Crippen LogP contribution in [0.25, 0.3) is 0 Å². The van der Waals surface area contributed by atoms with Crippen molar-refractivity contribution in [1.29, 1.82) is 0 Å². The van der Waals surface area contributed by atoms with Gasteiger partial charge in [-0.15, -0.1) is 0 Å². The van der Waals surface area contributed by atoms with Crippen LogP contribution in [0.1, 0.15) is 19.4 Å². The molecule has 0 atom stereocenters. The Morgan fingerprint density at radius 3 is 2.59 bits per heavy atom. The van der Waals surface area contributed by atoms with E-state index in [1.165, 1.54) is 13.2 Å². The first-order chi connectivity index (χ1) is 7.75. The van der Waals surface area contributed by atoms with Gasteiger partial charge in [-0.2, -0.15) is 0 Å². The van der Waals surface area contributed by atoms with Crippen molar-refractivity contribution < 1.29 is 17.9 Å². The molecule has 17 heavy (non-hydrogen) atoms. The molecule has 0 saturated carbocycles. The first kappa shape index (κ1) is 12.2. The third-order valence-electron chi connectivity index (χ3n) is 2.89. The summed E-state index contributed by atoms with van der Waals surface area (Å²) in [6, 6.07) is 3.11. The van der Waals surface area contributed by atoms with E-state index in [0.717, 1.165) is 5.56 Å². The molecular formula is C11H15NO4S. The van der Waals surface area contributed by atoms with Crippen LogP contribution in [-0.4, -0.2) is 22.1 Å². The van der Waals surface area contributed by atoms with Gasteiger partial charge in [0.1, 0.15) is 16.4 Å². The van der Waals surface area contributed by atoms with Crippen molar-refractivity contribution in [3.05, 3.63) is 17.7 Å². The van der Waals surface area contributed by atoms with Crippen molar-refractivity contribution in [2.75, 3.05) is 13.7 Å². The average Bonchev–Trinajstić information content (AvgIpc) is 2.51. The van der Waals surface area contributed by atoms with E-state index in [4.69, 9.17) is 14.6 Å². The number of methoxy groups -OCH3 is 1. The van der Waals surface area contributed by atoms with Crippen molar-refractivity contribution in [3.8, 4) is 11.5 Å². The van der Waals surface area contributed by atoms with Gasteiger partial charge in [0.25, 0.3) is 0 Å². The molecule has 1 aliphatic rings. The standard InChI is InChI=1S/C11H15NO4S/c1-11(2)6-16-8-5-9(15-3)10(4-7(8)11)17(12,13)14/h4-5H,6H2,1-3H3,(H2,12,13,14). The predicted octanol–water partition coefficient (Wildman–Crippen LogP) is 1.01. The second kappa shape index (κ2) is 3.61. The summed E-state index contributed by atoms with van der Waals surface area (Å²) in [6.07, 6.45) is 0. The zero-order chi connectivity index (χ0) is 12.8. The van der Waals surface area contributed by atoms with E-state index in [0.29, 0.717) is 12.4 Å². The lowest BCUT2D eigenvalue weighted by Crippen LogP contribution is -2.19. The fraction of sp³-hybridized carbons (Fsp3) is 0.455. The van der Waals surface area contributed by atoms with Crippen molar-refractivity contribution in [3.63, 3.8) is 0 Å². The molecule has 0 unspecified atom stereocenters. The van der Waals surface area contributed by atoms with E-state index in [1.54, 1.807) is 6.07 Å². The molecule has 0 radical (unpaired) electrons. The Hall–Kier alpha value is -1.27. The number of nitrogens with two attached hydrogens (primary N) is 1. The monoisotopic (exact) mass is 257 g/mol. The Balaban J connectivity index is 2.71.